The van der Waals surface area contributed by atoms with Crippen LogP contribution in [0, 0.1) is 0 Å². The van der Waals surface area contributed by atoms with Crippen molar-refractivity contribution in [3.63, 3.8) is 0 Å². The molecule has 0 atom stereocenters. The second kappa shape index (κ2) is 9.67. The molecule has 30 heavy (non-hydrogen) atoms. The first-order valence-electron chi connectivity index (χ1n) is 9.61. The summed E-state index contributed by atoms with van der Waals surface area (Å²) in [7, 11) is -4.11. The Morgan fingerprint density at radius 3 is 2.23 bits per heavy atom. The van der Waals surface area contributed by atoms with Crippen molar-refractivity contribution >= 4 is 15.7 Å². The molecule has 10 heteroatoms. The SMILES string of the molecule is O=S(=O)(NCCCN1CCN(c2ccccc2)CC1)c1ccccc1OC(F)(F)F. The molecule has 164 valence electrons. The molecular formula is C20H24F3N3O3S. The van der Waals surface area contributed by atoms with Gasteiger partial charge in [-0.2, -0.15) is 0 Å². The van der Waals surface area contributed by atoms with Crippen molar-refractivity contribution < 1.29 is 26.3 Å². The summed E-state index contributed by atoms with van der Waals surface area (Å²) >= 11 is 0. The number of para-hydroxylation sites is 2. The number of hydrogen-bond acceptors (Lipinski definition) is 5. The van der Waals surface area contributed by atoms with Gasteiger partial charge in [-0.25, -0.2) is 13.1 Å². The summed E-state index contributed by atoms with van der Waals surface area (Å²) in [6, 6.07) is 14.8. The van der Waals surface area contributed by atoms with Crippen molar-refractivity contribution in [1.29, 1.82) is 0 Å². The molecule has 0 bridgehead atoms. The Morgan fingerprint density at radius 2 is 1.57 bits per heavy atom. The Morgan fingerprint density at radius 1 is 0.933 bits per heavy atom. The topological polar surface area (TPSA) is 61.9 Å². The summed E-state index contributed by atoms with van der Waals surface area (Å²) in [5, 5.41) is 0. The van der Waals surface area contributed by atoms with Crippen LogP contribution in [0.3, 0.4) is 0 Å². The van der Waals surface area contributed by atoms with Gasteiger partial charge >= 0.3 is 6.36 Å². The summed E-state index contributed by atoms with van der Waals surface area (Å²) in [5.74, 6) is -0.741. The monoisotopic (exact) mass is 443 g/mol. The molecule has 1 N–H and O–H groups in total. The van der Waals surface area contributed by atoms with Gasteiger partial charge in [0.2, 0.25) is 10.0 Å². The molecule has 1 aliphatic heterocycles. The third-order valence-corrected chi connectivity index (χ3v) is 6.30. The van der Waals surface area contributed by atoms with Crippen LogP contribution >= 0.6 is 0 Å². The number of piperazine rings is 1. The highest BCUT2D eigenvalue weighted by Gasteiger charge is 2.33. The van der Waals surface area contributed by atoms with Crippen molar-refractivity contribution in [3.05, 3.63) is 54.6 Å². The average Bonchev–Trinajstić information content (AvgIpc) is 2.71. The molecule has 0 amide bonds. The predicted molar refractivity (Wildman–Crippen MR) is 108 cm³/mol. The largest absolute Gasteiger partial charge is 0.573 e. The van der Waals surface area contributed by atoms with E-state index in [2.05, 4.69) is 31.4 Å². The number of halogens is 3. The molecule has 3 rings (SSSR count). The number of benzene rings is 2. The average molecular weight is 443 g/mol. The third kappa shape index (κ3) is 6.35. The molecule has 0 radical (unpaired) electrons. The van der Waals surface area contributed by atoms with Crippen molar-refractivity contribution in [2.45, 2.75) is 17.7 Å². The molecule has 0 aliphatic carbocycles. The number of hydrogen-bond donors (Lipinski definition) is 1. The highest BCUT2D eigenvalue weighted by molar-refractivity contribution is 7.89. The van der Waals surface area contributed by atoms with Gasteiger partial charge in [0.15, 0.2) is 0 Å². The van der Waals surface area contributed by atoms with E-state index in [9.17, 15) is 21.6 Å². The standard InChI is InChI=1S/C20H24F3N3O3S/c21-20(22,23)29-18-9-4-5-10-19(18)30(27,28)24-11-6-12-25-13-15-26(16-14-25)17-7-2-1-3-8-17/h1-5,7-10,24H,6,11-16H2. The highest BCUT2D eigenvalue weighted by Crippen LogP contribution is 2.29. The molecule has 1 saturated heterocycles. The minimum Gasteiger partial charge on any atom is -0.404 e. The van der Waals surface area contributed by atoms with Gasteiger partial charge in [0.25, 0.3) is 0 Å². The molecule has 0 aromatic heterocycles. The number of nitrogens with zero attached hydrogens (tertiary/aromatic N) is 2. The van der Waals surface area contributed by atoms with Gasteiger partial charge in [-0.15, -0.1) is 13.2 Å². The van der Waals surface area contributed by atoms with Crippen LogP contribution < -0.4 is 14.4 Å². The number of sulfonamides is 1. The molecule has 0 saturated carbocycles. The number of nitrogens with one attached hydrogen (secondary N) is 1. The van der Waals surface area contributed by atoms with Gasteiger partial charge in [-0.3, -0.25) is 4.90 Å². The predicted octanol–water partition coefficient (Wildman–Crippen LogP) is 3.08. The van der Waals surface area contributed by atoms with E-state index in [1.807, 2.05) is 18.2 Å². The number of alkyl halides is 3. The minimum absolute atomic E-state index is 0.127. The lowest BCUT2D eigenvalue weighted by molar-refractivity contribution is -0.275. The third-order valence-electron chi connectivity index (χ3n) is 4.80. The maximum absolute atomic E-state index is 12.5. The van der Waals surface area contributed by atoms with Gasteiger partial charge in [-0.05, 0) is 37.2 Å². The lowest BCUT2D eigenvalue weighted by atomic mass is 10.2. The molecule has 0 spiro atoms. The summed E-state index contributed by atoms with van der Waals surface area (Å²) in [5.41, 5.74) is 1.18. The van der Waals surface area contributed by atoms with Crippen LogP contribution in [-0.2, 0) is 10.0 Å². The van der Waals surface area contributed by atoms with E-state index in [0.717, 1.165) is 38.3 Å². The van der Waals surface area contributed by atoms with Crippen LogP contribution in [0.25, 0.3) is 0 Å². The fourth-order valence-corrected chi connectivity index (χ4v) is 4.54. The van der Waals surface area contributed by atoms with Crippen LogP contribution in [0.5, 0.6) is 5.75 Å². The zero-order valence-electron chi connectivity index (χ0n) is 16.3. The number of rotatable bonds is 8. The summed E-state index contributed by atoms with van der Waals surface area (Å²) in [6.45, 7) is 4.33. The molecule has 1 aliphatic rings. The lowest BCUT2D eigenvalue weighted by Crippen LogP contribution is -2.47. The van der Waals surface area contributed by atoms with Gasteiger partial charge in [0.1, 0.15) is 10.6 Å². The van der Waals surface area contributed by atoms with E-state index in [0.29, 0.717) is 13.0 Å². The Bertz CT molecular complexity index is 916. The second-order valence-corrected chi connectivity index (χ2v) is 8.65. The maximum Gasteiger partial charge on any atom is 0.573 e. The fourth-order valence-electron chi connectivity index (χ4n) is 3.34. The van der Waals surface area contributed by atoms with E-state index < -0.39 is 27.0 Å². The smallest absolute Gasteiger partial charge is 0.404 e. The highest BCUT2D eigenvalue weighted by atomic mass is 32.2. The molecule has 1 fully saturated rings. The van der Waals surface area contributed by atoms with E-state index in [1.165, 1.54) is 17.8 Å². The van der Waals surface area contributed by atoms with E-state index in [1.54, 1.807) is 0 Å². The summed E-state index contributed by atoms with van der Waals surface area (Å²) in [6.07, 6.45) is -4.42. The van der Waals surface area contributed by atoms with E-state index in [-0.39, 0.29) is 6.54 Å². The second-order valence-electron chi connectivity index (χ2n) is 6.91. The normalized spacial score (nSPS) is 15.9. The number of ether oxygens (including phenoxy) is 1. The molecule has 0 unspecified atom stereocenters. The van der Waals surface area contributed by atoms with Crippen molar-refractivity contribution in [2.75, 3.05) is 44.2 Å². The van der Waals surface area contributed by atoms with Gasteiger partial charge in [-0.1, -0.05) is 30.3 Å². The maximum atomic E-state index is 12.5. The molecular weight excluding hydrogens is 419 g/mol. The first-order valence-corrected chi connectivity index (χ1v) is 11.1. The van der Waals surface area contributed by atoms with E-state index in [4.69, 9.17) is 0 Å². The lowest BCUT2D eigenvalue weighted by Gasteiger charge is -2.36. The van der Waals surface area contributed by atoms with Crippen molar-refractivity contribution in [1.82, 2.24) is 9.62 Å². The van der Waals surface area contributed by atoms with Crippen LogP contribution in [0.15, 0.2) is 59.5 Å². The summed E-state index contributed by atoms with van der Waals surface area (Å²) < 4.78 is 68.6. The Kier molecular flexibility index (Phi) is 7.22. The first-order chi connectivity index (χ1) is 14.2. The fraction of sp³-hybridized carbons (Fsp3) is 0.400. The molecule has 6 nitrogen and oxygen atoms in total. The zero-order valence-corrected chi connectivity index (χ0v) is 17.1. The zero-order chi connectivity index (χ0) is 21.6. The Labute approximate surface area is 174 Å². The van der Waals surface area contributed by atoms with Gasteiger partial charge in [0, 0.05) is 38.4 Å². The van der Waals surface area contributed by atoms with Crippen LogP contribution in [0.2, 0.25) is 0 Å². The Balaban J connectivity index is 1.46. The van der Waals surface area contributed by atoms with Crippen LogP contribution in [-0.4, -0.2) is 58.9 Å². The van der Waals surface area contributed by atoms with E-state index >= 15 is 0 Å². The summed E-state index contributed by atoms with van der Waals surface area (Å²) in [4.78, 5) is 4.02. The Hall–Kier alpha value is -2.30. The first kappa shape index (κ1) is 22.4. The van der Waals surface area contributed by atoms with Crippen LogP contribution in [0.4, 0.5) is 18.9 Å². The quantitative estimate of drug-likeness (QED) is 0.636. The van der Waals surface area contributed by atoms with Crippen LogP contribution in [0.1, 0.15) is 6.42 Å². The minimum atomic E-state index is -4.96. The number of anilines is 1. The van der Waals surface area contributed by atoms with Crippen molar-refractivity contribution in [3.8, 4) is 5.75 Å². The van der Waals surface area contributed by atoms with Gasteiger partial charge < -0.3 is 9.64 Å². The molecule has 2 aromatic carbocycles. The molecule has 2 aromatic rings. The molecule has 1 heterocycles. The van der Waals surface area contributed by atoms with Gasteiger partial charge in [0.05, 0.1) is 0 Å². The van der Waals surface area contributed by atoms with Crippen molar-refractivity contribution in [2.24, 2.45) is 0 Å².